The highest BCUT2D eigenvalue weighted by Crippen LogP contribution is 2.30. The van der Waals surface area contributed by atoms with E-state index in [0.29, 0.717) is 35.0 Å². The summed E-state index contributed by atoms with van der Waals surface area (Å²) in [6.45, 7) is 4.73. The second kappa shape index (κ2) is 14.8. The highest BCUT2D eigenvalue weighted by atomic mass is 32.2. The molecule has 236 valence electrons. The van der Waals surface area contributed by atoms with Crippen molar-refractivity contribution in [1.29, 1.82) is 0 Å². The lowest BCUT2D eigenvalue weighted by Crippen LogP contribution is -2.51. The van der Waals surface area contributed by atoms with Gasteiger partial charge >= 0.3 is 0 Å². The highest BCUT2D eigenvalue weighted by molar-refractivity contribution is 7.89. The van der Waals surface area contributed by atoms with Crippen LogP contribution < -0.4 is 9.47 Å². The van der Waals surface area contributed by atoms with E-state index >= 15 is 0 Å². The molecule has 2 amide bonds. The Morgan fingerprint density at radius 1 is 1.00 bits per heavy atom. The summed E-state index contributed by atoms with van der Waals surface area (Å²) in [6, 6.07) is 13.4. The first kappa shape index (κ1) is 33.1. The van der Waals surface area contributed by atoms with Gasteiger partial charge in [-0.3, -0.25) is 14.4 Å². The number of carbonyl (C=O) groups excluding carboxylic acids is 3. The van der Waals surface area contributed by atoms with E-state index in [0.717, 1.165) is 17.5 Å². The molecule has 4 rings (SSSR count). The molecule has 1 aliphatic heterocycles. The third-order valence-electron chi connectivity index (χ3n) is 7.58. The average molecular weight is 643 g/mol. The molecule has 1 aliphatic rings. The summed E-state index contributed by atoms with van der Waals surface area (Å²) in [5, 5.41) is 2.05. The quantitative estimate of drug-likeness (QED) is 0.260. The van der Waals surface area contributed by atoms with Gasteiger partial charge in [0.05, 0.1) is 20.8 Å². The Hall–Kier alpha value is -3.81. The summed E-state index contributed by atoms with van der Waals surface area (Å²) in [5.41, 5.74) is 2.38. The normalized spacial score (nSPS) is 13.9. The van der Waals surface area contributed by atoms with Crippen LogP contribution in [0.25, 0.3) is 0 Å². The Balaban J connectivity index is 1.48. The minimum absolute atomic E-state index is 0.0475. The fraction of sp³-hybridized carbons (Fsp3) is 0.419. The number of sulfonamides is 1. The van der Waals surface area contributed by atoms with Crippen LogP contribution in [0.2, 0.25) is 0 Å². The summed E-state index contributed by atoms with van der Waals surface area (Å²) in [7, 11) is -0.805. The number of rotatable bonds is 13. The van der Waals surface area contributed by atoms with Gasteiger partial charge in [0.1, 0.15) is 28.0 Å². The number of ether oxygens (including phenoxy) is 2. The molecule has 11 nitrogen and oxygen atoms in total. The standard InChI is InChI=1S/C31H38N4O7S2/c1-22-28(41-3)17-25(18-29(22)42-4)31(38)34(12-8-11-24-9-6-5-7-10-24)19-30-32-26(20-43-30)27(37)21-44(39,40)35-15-13-33(14-16-35)23(2)36/h5-7,9-10,17-18,20H,8,11-16,19,21H2,1-4H3. The topological polar surface area (TPSA) is 126 Å². The van der Waals surface area contributed by atoms with Crippen LogP contribution in [-0.4, -0.2) is 97.8 Å². The molecule has 2 aromatic carbocycles. The maximum Gasteiger partial charge on any atom is 0.254 e. The van der Waals surface area contributed by atoms with Crippen LogP contribution in [0, 0.1) is 6.92 Å². The summed E-state index contributed by atoms with van der Waals surface area (Å²) in [4.78, 5) is 46.1. The average Bonchev–Trinajstić information content (AvgIpc) is 3.49. The number of hydrogen-bond acceptors (Lipinski definition) is 9. The zero-order chi connectivity index (χ0) is 31.9. The predicted octanol–water partition coefficient (Wildman–Crippen LogP) is 3.42. The number of carbonyl (C=O) groups is 3. The maximum atomic E-state index is 13.8. The number of benzene rings is 2. The van der Waals surface area contributed by atoms with Crippen LogP contribution in [-0.2, 0) is 27.8 Å². The molecule has 1 fully saturated rings. The molecule has 2 heterocycles. The van der Waals surface area contributed by atoms with Crippen LogP contribution in [0.4, 0.5) is 0 Å². The number of methoxy groups -OCH3 is 2. The lowest BCUT2D eigenvalue weighted by atomic mass is 10.1. The molecule has 0 aliphatic carbocycles. The van der Waals surface area contributed by atoms with Crippen molar-refractivity contribution in [1.82, 2.24) is 19.1 Å². The van der Waals surface area contributed by atoms with Crippen molar-refractivity contribution < 1.29 is 32.3 Å². The SMILES string of the molecule is COc1cc(C(=O)N(CCCc2ccccc2)Cc2nc(C(=O)CS(=O)(=O)N3CCN(C(C)=O)CC3)cs2)cc(OC)c1C. The second-order valence-electron chi connectivity index (χ2n) is 10.5. The zero-order valence-electron chi connectivity index (χ0n) is 25.4. The van der Waals surface area contributed by atoms with E-state index in [1.807, 2.05) is 37.3 Å². The zero-order valence-corrected chi connectivity index (χ0v) is 27.1. The van der Waals surface area contributed by atoms with Crippen molar-refractivity contribution in [2.24, 2.45) is 0 Å². The summed E-state index contributed by atoms with van der Waals surface area (Å²) < 4.78 is 38.1. The fourth-order valence-electron chi connectivity index (χ4n) is 5.05. The summed E-state index contributed by atoms with van der Waals surface area (Å²) >= 11 is 1.20. The number of aryl methyl sites for hydroxylation is 1. The molecule has 0 saturated carbocycles. The molecule has 1 aromatic heterocycles. The van der Waals surface area contributed by atoms with Gasteiger partial charge in [-0.05, 0) is 37.5 Å². The van der Waals surface area contributed by atoms with E-state index in [-0.39, 0.29) is 50.2 Å². The third kappa shape index (κ3) is 8.21. The van der Waals surface area contributed by atoms with E-state index in [1.165, 1.54) is 42.2 Å². The summed E-state index contributed by atoms with van der Waals surface area (Å²) in [5.74, 6) is -0.618. The van der Waals surface area contributed by atoms with Crippen LogP contribution >= 0.6 is 11.3 Å². The molecule has 0 unspecified atom stereocenters. The van der Waals surface area contributed by atoms with Gasteiger partial charge in [-0.15, -0.1) is 11.3 Å². The van der Waals surface area contributed by atoms with E-state index in [9.17, 15) is 22.8 Å². The molecule has 0 radical (unpaired) electrons. The Morgan fingerprint density at radius 2 is 1.64 bits per heavy atom. The van der Waals surface area contributed by atoms with Crippen molar-refractivity contribution in [3.63, 3.8) is 0 Å². The number of Topliss-reactive ketones (excluding diaryl/α,β-unsaturated/α-hetero) is 1. The van der Waals surface area contributed by atoms with Gasteiger partial charge in [0.15, 0.2) is 5.78 Å². The maximum absolute atomic E-state index is 13.8. The Bertz CT molecular complexity index is 1560. The Labute approximate surface area is 262 Å². The van der Waals surface area contributed by atoms with E-state index in [1.54, 1.807) is 21.9 Å². The first-order valence-electron chi connectivity index (χ1n) is 14.3. The lowest BCUT2D eigenvalue weighted by molar-refractivity contribution is -0.129. The molecular formula is C31H38N4O7S2. The third-order valence-corrected chi connectivity index (χ3v) is 10.2. The van der Waals surface area contributed by atoms with Gasteiger partial charge in [0.25, 0.3) is 5.91 Å². The molecule has 0 N–H and O–H groups in total. The van der Waals surface area contributed by atoms with Gasteiger partial charge in [-0.25, -0.2) is 13.4 Å². The number of ketones is 1. The van der Waals surface area contributed by atoms with Crippen molar-refractivity contribution in [3.05, 3.63) is 75.2 Å². The van der Waals surface area contributed by atoms with Gasteiger partial charge in [0.2, 0.25) is 15.9 Å². The molecule has 44 heavy (non-hydrogen) atoms. The summed E-state index contributed by atoms with van der Waals surface area (Å²) in [6.07, 6.45) is 1.47. The first-order chi connectivity index (χ1) is 21.0. The fourth-order valence-corrected chi connectivity index (χ4v) is 7.24. The molecule has 0 bridgehead atoms. The number of hydrogen-bond donors (Lipinski definition) is 0. The molecule has 0 atom stereocenters. The largest absolute Gasteiger partial charge is 0.496 e. The number of amides is 2. The van der Waals surface area contributed by atoms with Gasteiger partial charge in [-0.1, -0.05) is 30.3 Å². The molecule has 0 spiro atoms. The van der Waals surface area contributed by atoms with E-state index in [2.05, 4.69) is 4.98 Å². The number of nitrogens with zero attached hydrogens (tertiary/aromatic N) is 4. The van der Waals surface area contributed by atoms with Gasteiger partial charge in [0, 0.05) is 56.2 Å². The van der Waals surface area contributed by atoms with Crippen LogP contribution in [0.15, 0.2) is 47.8 Å². The van der Waals surface area contributed by atoms with Gasteiger partial charge in [-0.2, -0.15) is 4.31 Å². The van der Waals surface area contributed by atoms with Crippen LogP contribution in [0.5, 0.6) is 11.5 Å². The first-order valence-corrected chi connectivity index (χ1v) is 16.8. The van der Waals surface area contributed by atoms with E-state index < -0.39 is 21.6 Å². The minimum atomic E-state index is -3.88. The molecular weight excluding hydrogens is 604 g/mol. The monoisotopic (exact) mass is 642 g/mol. The predicted molar refractivity (Wildman–Crippen MR) is 168 cm³/mol. The van der Waals surface area contributed by atoms with E-state index in [4.69, 9.17) is 9.47 Å². The molecule has 13 heteroatoms. The van der Waals surface area contributed by atoms with Crippen molar-refractivity contribution >= 4 is 39.0 Å². The van der Waals surface area contributed by atoms with Crippen LogP contribution in [0.3, 0.4) is 0 Å². The Morgan fingerprint density at radius 3 is 2.23 bits per heavy atom. The lowest BCUT2D eigenvalue weighted by Gasteiger charge is -2.33. The highest BCUT2D eigenvalue weighted by Gasteiger charge is 2.31. The van der Waals surface area contributed by atoms with Crippen molar-refractivity contribution in [2.45, 2.75) is 33.2 Å². The second-order valence-corrected chi connectivity index (χ2v) is 13.4. The molecule has 3 aromatic rings. The molecule has 1 saturated heterocycles. The number of thiazole rings is 1. The van der Waals surface area contributed by atoms with Gasteiger partial charge < -0.3 is 19.3 Å². The minimum Gasteiger partial charge on any atom is -0.496 e. The number of aromatic nitrogens is 1. The van der Waals surface area contributed by atoms with Crippen molar-refractivity contribution in [2.75, 3.05) is 52.7 Å². The van der Waals surface area contributed by atoms with Crippen LogP contribution in [0.1, 0.15) is 50.3 Å². The van der Waals surface area contributed by atoms with Crippen molar-refractivity contribution in [3.8, 4) is 11.5 Å². The number of piperazine rings is 1. The smallest absolute Gasteiger partial charge is 0.254 e. The Kier molecular flexibility index (Phi) is 11.1.